The molecule has 3 rings (SSSR count). The van der Waals surface area contributed by atoms with Crippen LogP contribution in [0.3, 0.4) is 0 Å². The Kier molecular flexibility index (Phi) is 34.1. The summed E-state index contributed by atoms with van der Waals surface area (Å²) in [5.41, 5.74) is 2.88. The normalized spacial score (nSPS) is 15.1. The predicted octanol–water partition coefficient (Wildman–Crippen LogP) is 9.52. The van der Waals surface area contributed by atoms with Gasteiger partial charge in [-0.2, -0.15) is 8.42 Å². The Morgan fingerprint density at radius 3 is 1.45 bits per heavy atom. The van der Waals surface area contributed by atoms with Gasteiger partial charge in [-0.3, -0.25) is 4.55 Å². The largest absolute Gasteiger partial charge is 0.494 e. The van der Waals surface area contributed by atoms with Crippen molar-refractivity contribution in [1.29, 1.82) is 0 Å². The van der Waals surface area contributed by atoms with Crippen molar-refractivity contribution in [3.8, 4) is 5.75 Å². The monoisotopic (exact) mass is 966 g/mol. The summed E-state index contributed by atoms with van der Waals surface area (Å²) >= 11 is 0. The maximum atomic E-state index is 11.9. The summed E-state index contributed by atoms with van der Waals surface area (Å²) in [6, 6.07) is 8.24. The van der Waals surface area contributed by atoms with Crippen LogP contribution in [-0.2, 0) is 61.2 Å². The van der Waals surface area contributed by atoms with Crippen molar-refractivity contribution in [3.63, 3.8) is 0 Å². The number of allylic oxidation sites excluding steroid dienone is 3. The first-order valence-electron chi connectivity index (χ1n) is 25.4. The summed E-state index contributed by atoms with van der Waals surface area (Å²) in [5.74, 6) is 0.913. The first kappa shape index (κ1) is 58.5. The van der Waals surface area contributed by atoms with Crippen LogP contribution in [0, 0.1) is 0 Å². The lowest BCUT2D eigenvalue weighted by molar-refractivity contribution is -0.0237. The van der Waals surface area contributed by atoms with Gasteiger partial charge in [0, 0.05) is 6.61 Å². The molecule has 1 N–H and O–H groups in total. The average Bonchev–Trinajstić information content (AvgIpc) is 3.77. The molecule has 0 radical (unpaired) electrons. The quantitative estimate of drug-likeness (QED) is 0.0492. The first-order valence-corrected chi connectivity index (χ1v) is 26.8. The Balaban J connectivity index is 1.00. The average molecular weight is 966 g/mol. The highest BCUT2D eigenvalue weighted by molar-refractivity contribution is 7.87. The molecule has 67 heavy (non-hydrogen) atoms. The van der Waals surface area contributed by atoms with Gasteiger partial charge in [0.1, 0.15) is 16.2 Å². The first-order chi connectivity index (χ1) is 32.8. The number of ether oxygens (including phenoxy) is 9. The third kappa shape index (κ3) is 29.8. The van der Waals surface area contributed by atoms with E-state index in [1.807, 2.05) is 29.9 Å². The number of benzene rings is 1. The second-order valence-corrected chi connectivity index (χ2v) is 19.1. The summed E-state index contributed by atoms with van der Waals surface area (Å²) in [6.45, 7) is 12.3. The highest BCUT2D eigenvalue weighted by Crippen LogP contribution is 2.32. The van der Waals surface area contributed by atoms with Crippen molar-refractivity contribution >= 4 is 10.1 Å². The van der Waals surface area contributed by atoms with E-state index in [1.54, 1.807) is 18.2 Å². The highest BCUT2D eigenvalue weighted by Gasteiger charge is 2.40. The van der Waals surface area contributed by atoms with E-state index in [0.29, 0.717) is 106 Å². The van der Waals surface area contributed by atoms with Crippen molar-refractivity contribution in [2.24, 2.45) is 0 Å². The standard InChI is InChI=1S/C51H87N3O12S/c1-3-4-5-6-7-8-9-10-11-12-13-14-15-16-17-18-28-66-50-21-19-48(20-22-50)44-54-45-49(52-53-54)46-65-43-42-64-41-40-63-39-38-62-37-36-61-35-34-60-33-32-59-31-30-58-29-27-51(67(55,56)57)25-23-47(2)24-26-51/h19-25,45H,3-18,26-44,46H2,1-2H3,(H,55,56,57). The molecule has 0 amide bonds. The maximum absolute atomic E-state index is 11.9. The summed E-state index contributed by atoms with van der Waals surface area (Å²) in [6.07, 6.45) is 29.3. The second kappa shape index (κ2) is 39.0. The van der Waals surface area contributed by atoms with Crippen molar-refractivity contribution in [1.82, 2.24) is 15.0 Å². The Labute approximate surface area is 403 Å². The van der Waals surface area contributed by atoms with Crippen molar-refractivity contribution in [3.05, 3.63) is 65.5 Å². The molecule has 384 valence electrons. The number of rotatable bonds is 47. The number of unbranched alkanes of at least 4 members (excludes halogenated alkanes) is 15. The number of nitrogens with zero attached hydrogens (tertiary/aromatic N) is 3. The van der Waals surface area contributed by atoms with E-state index in [1.165, 1.54) is 96.3 Å². The van der Waals surface area contributed by atoms with Gasteiger partial charge in [-0.1, -0.05) is 144 Å². The van der Waals surface area contributed by atoms with Crippen molar-refractivity contribution < 1.29 is 55.6 Å². The molecule has 2 aromatic rings. The Morgan fingerprint density at radius 2 is 1.01 bits per heavy atom. The van der Waals surface area contributed by atoms with E-state index in [-0.39, 0.29) is 19.4 Å². The molecule has 1 atom stereocenters. The summed E-state index contributed by atoms with van der Waals surface area (Å²) in [7, 11) is -4.25. The van der Waals surface area contributed by atoms with E-state index in [4.69, 9.17) is 42.6 Å². The van der Waals surface area contributed by atoms with Crippen LogP contribution in [0.2, 0.25) is 0 Å². The molecule has 0 fully saturated rings. The number of hydrogen-bond acceptors (Lipinski definition) is 13. The SMILES string of the molecule is CCCCCCCCCCCCCCCCCCOc1ccc(Cn2cc(COCCOCCOCCOCCOCCOCCOCCOCCC3(S(=O)(=O)O)C=CC(C)=CC3)nn2)cc1. The molecule has 1 unspecified atom stereocenters. The van der Waals surface area contributed by atoms with Crippen LogP contribution in [0.5, 0.6) is 5.75 Å². The minimum atomic E-state index is -4.25. The topological polar surface area (TPSA) is 168 Å². The number of aromatic nitrogens is 3. The van der Waals surface area contributed by atoms with Gasteiger partial charge in [0.25, 0.3) is 10.1 Å². The molecule has 15 nitrogen and oxygen atoms in total. The molecule has 0 spiro atoms. The van der Waals surface area contributed by atoms with Crippen LogP contribution >= 0.6 is 0 Å². The van der Waals surface area contributed by atoms with Crippen LogP contribution in [-0.4, -0.2) is 138 Å². The summed E-state index contributed by atoms with van der Waals surface area (Å²) < 4.78 is 84.5. The zero-order valence-corrected chi connectivity index (χ0v) is 42.1. The molecular weight excluding hydrogens is 879 g/mol. The molecule has 0 saturated carbocycles. The Bertz CT molecular complexity index is 1640. The molecule has 0 saturated heterocycles. The third-order valence-electron chi connectivity index (χ3n) is 11.6. The maximum Gasteiger partial charge on any atom is 0.274 e. The van der Waals surface area contributed by atoms with Crippen LogP contribution in [0.25, 0.3) is 0 Å². The van der Waals surface area contributed by atoms with E-state index in [9.17, 15) is 13.0 Å². The fourth-order valence-corrected chi connectivity index (χ4v) is 8.30. The third-order valence-corrected chi connectivity index (χ3v) is 13.1. The van der Waals surface area contributed by atoms with Crippen LogP contribution in [0.1, 0.15) is 141 Å². The van der Waals surface area contributed by atoms with Gasteiger partial charge in [0.15, 0.2) is 0 Å². The fraction of sp³-hybridized carbons (Fsp3) is 0.765. The van der Waals surface area contributed by atoms with Gasteiger partial charge in [0.05, 0.1) is 118 Å². The molecule has 0 bridgehead atoms. The smallest absolute Gasteiger partial charge is 0.274 e. The molecule has 1 heterocycles. The van der Waals surface area contributed by atoms with Crippen LogP contribution < -0.4 is 4.74 Å². The van der Waals surface area contributed by atoms with E-state index < -0.39 is 14.9 Å². The lowest BCUT2D eigenvalue weighted by Gasteiger charge is -2.28. The molecule has 1 aromatic heterocycles. The number of hydrogen-bond donors (Lipinski definition) is 1. The van der Waals surface area contributed by atoms with Crippen molar-refractivity contribution in [2.75, 3.05) is 106 Å². The molecule has 1 aromatic carbocycles. The molecule has 16 heteroatoms. The molecular formula is C51H87N3O12S. The summed E-state index contributed by atoms with van der Waals surface area (Å²) in [4.78, 5) is 0. The lowest BCUT2D eigenvalue weighted by Crippen LogP contribution is -2.38. The van der Waals surface area contributed by atoms with Crippen LogP contribution in [0.4, 0.5) is 0 Å². The van der Waals surface area contributed by atoms with Crippen molar-refractivity contribution in [2.45, 2.75) is 147 Å². The van der Waals surface area contributed by atoms with E-state index in [0.717, 1.165) is 35.6 Å². The fourth-order valence-electron chi connectivity index (χ4n) is 7.42. The van der Waals surface area contributed by atoms with Gasteiger partial charge in [-0.25, -0.2) is 4.68 Å². The molecule has 1 aliphatic carbocycles. The molecule has 1 aliphatic rings. The predicted molar refractivity (Wildman–Crippen MR) is 262 cm³/mol. The zero-order valence-electron chi connectivity index (χ0n) is 41.3. The highest BCUT2D eigenvalue weighted by atomic mass is 32.2. The minimum Gasteiger partial charge on any atom is -0.494 e. The van der Waals surface area contributed by atoms with Crippen LogP contribution in [0.15, 0.2) is 54.3 Å². The summed E-state index contributed by atoms with van der Waals surface area (Å²) in [5, 5.41) is 8.49. The minimum absolute atomic E-state index is 0.171. The lowest BCUT2D eigenvalue weighted by atomic mass is 9.93. The zero-order chi connectivity index (χ0) is 47.8. The Morgan fingerprint density at radius 1 is 0.582 bits per heavy atom. The van der Waals surface area contributed by atoms with Gasteiger partial charge in [0.2, 0.25) is 0 Å². The Hall–Kier alpha value is -2.77. The molecule has 0 aliphatic heterocycles. The van der Waals surface area contributed by atoms with E-state index in [2.05, 4.69) is 29.4 Å². The van der Waals surface area contributed by atoms with Gasteiger partial charge >= 0.3 is 0 Å². The van der Waals surface area contributed by atoms with E-state index >= 15 is 0 Å². The van der Waals surface area contributed by atoms with Gasteiger partial charge < -0.3 is 42.6 Å². The van der Waals surface area contributed by atoms with Gasteiger partial charge in [-0.15, -0.1) is 5.10 Å². The van der Waals surface area contributed by atoms with Gasteiger partial charge in [-0.05, 0) is 43.9 Å². The second-order valence-electron chi connectivity index (χ2n) is 17.3.